The Hall–Kier alpha value is -1.35. The Morgan fingerprint density at radius 1 is 1.53 bits per heavy atom. The summed E-state index contributed by atoms with van der Waals surface area (Å²) >= 11 is 1.35. The minimum atomic E-state index is -0.181. The SMILES string of the molecule is Cc1cc(C(=O)N(CCO)C2CC2)sc1C#CCO. The van der Waals surface area contributed by atoms with Gasteiger partial charge in [0.25, 0.3) is 5.91 Å². The molecule has 2 rings (SSSR count). The molecule has 1 saturated carbocycles. The normalized spacial score (nSPS) is 13.8. The summed E-state index contributed by atoms with van der Waals surface area (Å²) in [6, 6.07) is 2.12. The number of hydrogen-bond acceptors (Lipinski definition) is 4. The Balaban J connectivity index is 2.18. The van der Waals surface area contributed by atoms with Gasteiger partial charge in [-0.25, -0.2) is 0 Å². The van der Waals surface area contributed by atoms with Crippen LogP contribution in [0.1, 0.15) is 33.0 Å². The Morgan fingerprint density at radius 2 is 2.26 bits per heavy atom. The van der Waals surface area contributed by atoms with Crippen molar-refractivity contribution in [3.63, 3.8) is 0 Å². The van der Waals surface area contributed by atoms with E-state index < -0.39 is 0 Å². The number of aryl methyl sites for hydroxylation is 1. The predicted octanol–water partition coefficient (Wildman–Crippen LogP) is 0.997. The van der Waals surface area contributed by atoms with Crippen LogP contribution >= 0.6 is 11.3 Å². The first kappa shape index (κ1) is 14.1. The molecule has 102 valence electrons. The fourth-order valence-corrected chi connectivity index (χ4v) is 2.92. The zero-order chi connectivity index (χ0) is 13.8. The molecule has 1 aliphatic rings. The smallest absolute Gasteiger partial charge is 0.264 e. The molecule has 0 bridgehead atoms. The van der Waals surface area contributed by atoms with E-state index in [1.54, 1.807) is 4.90 Å². The van der Waals surface area contributed by atoms with Gasteiger partial charge in [0.15, 0.2) is 0 Å². The molecule has 1 heterocycles. The molecule has 1 fully saturated rings. The molecule has 0 unspecified atom stereocenters. The maximum atomic E-state index is 12.4. The number of carbonyl (C=O) groups is 1. The van der Waals surface area contributed by atoms with Crippen molar-refractivity contribution in [1.29, 1.82) is 0 Å². The highest BCUT2D eigenvalue weighted by atomic mass is 32.1. The van der Waals surface area contributed by atoms with Gasteiger partial charge >= 0.3 is 0 Å². The highest BCUT2D eigenvalue weighted by Crippen LogP contribution is 2.30. The van der Waals surface area contributed by atoms with Crippen molar-refractivity contribution in [1.82, 2.24) is 4.90 Å². The van der Waals surface area contributed by atoms with E-state index in [1.165, 1.54) is 11.3 Å². The largest absolute Gasteiger partial charge is 0.395 e. The van der Waals surface area contributed by atoms with Gasteiger partial charge in [0.1, 0.15) is 6.61 Å². The molecular formula is C14H17NO3S. The first-order valence-corrected chi connectivity index (χ1v) is 7.11. The average molecular weight is 279 g/mol. The van der Waals surface area contributed by atoms with Crippen molar-refractivity contribution in [2.24, 2.45) is 0 Å². The number of amides is 1. The van der Waals surface area contributed by atoms with Crippen molar-refractivity contribution in [3.8, 4) is 11.8 Å². The standard InChI is InChI=1S/C14H17NO3S/c1-10-9-13(19-12(10)3-2-7-16)14(18)15(6-8-17)11-4-5-11/h9,11,16-17H,4-8H2,1H3. The molecule has 1 aliphatic carbocycles. The predicted molar refractivity (Wildman–Crippen MR) is 74.2 cm³/mol. The van der Waals surface area contributed by atoms with E-state index in [2.05, 4.69) is 11.8 Å². The van der Waals surface area contributed by atoms with Crippen molar-refractivity contribution in [2.75, 3.05) is 19.8 Å². The van der Waals surface area contributed by atoms with Crippen LogP contribution in [0.25, 0.3) is 0 Å². The van der Waals surface area contributed by atoms with Gasteiger partial charge in [-0.2, -0.15) is 0 Å². The number of rotatable bonds is 4. The fraction of sp³-hybridized carbons (Fsp3) is 0.500. The summed E-state index contributed by atoms with van der Waals surface area (Å²) < 4.78 is 0. The Labute approximate surface area is 116 Å². The number of nitrogens with zero attached hydrogens (tertiary/aromatic N) is 1. The number of thiophene rings is 1. The van der Waals surface area contributed by atoms with Crippen LogP contribution in [0.3, 0.4) is 0 Å². The first-order chi connectivity index (χ1) is 9.17. The summed E-state index contributed by atoms with van der Waals surface area (Å²) in [5, 5.41) is 17.7. The number of aliphatic hydroxyl groups excluding tert-OH is 2. The number of hydrogen-bond donors (Lipinski definition) is 2. The van der Waals surface area contributed by atoms with Crippen LogP contribution in [0.4, 0.5) is 0 Å². The molecule has 1 amide bonds. The van der Waals surface area contributed by atoms with Crippen LogP contribution in [0.15, 0.2) is 6.07 Å². The summed E-state index contributed by atoms with van der Waals surface area (Å²) in [6.45, 7) is 2.10. The van der Waals surface area contributed by atoms with Crippen molar-refractivity contribution >= 4 is 17.2 Å². The van der Waals surface area contributed by atoms with Gasteiger partial charge in [-0.15, -0.1) is 11.3 Å². The third kappa shape index (κ3) is 3.35. The quantitative estimate of drug-likeness (QED) is 0.808. The minimum Gasteiger partial charge on any atom is -0.395 e. The molecule has 0 aromatic carbocycles. The molecule has 0 atom stereocenters. The molecule has 0 spiro atoms. The van der Waals surface area contributed by atoms with Crippen molar-refractivity contribution < 1.29 is 15.0 Å². The molecular weight excluding hydrogens is 262 g/mol. The second-order valence-electron chi connectivity index (χ2n) is 4.54. The van der Waals surface area contributed by atoms with Crippen molar-refractivity contribution in [3.05, 3.63) is 21.4 Å². The molecule has 2 N–H and O–H groups in total. The maximum absolute atomic E-state index is 12.4. The van der Waals surface area contributed by atoms with Gasteiger partial charge in [0.05, 0.1) is 16.4 Å². The van der Waals surface area contributed by atoms with Crippen LogP contribution in [0.2, 0.25) is 0 Å². The van der Waals surface area contributed by atoms with Gasteiger partial charge < -0.3 is 15.1 Å². The summed E-state index contributed by atoms with van der Waals surface area (Å²) in [4.78, 5) is 15.6. The zero-order valence-electron chi connectivity index (χ0n) is 10.8. The molecule has 0 radical (unpaired) electrons. The summed E-state index contributed by atoms with van der Waals surface area (Å²) in [7, 11) is 0. The summed E-state index contributed by atoms with van der Waals surface area (Å²) in [5.41, 5.74) is 0.953. The minimum absolute atomic E-state index is 0.0101. The second kappa shape index (κ2) is 6.20. The number of carbonyl (C=O) groups excluding carboxylic acids is 1. The lowest BCUT2D eigenvalue weighted by molar-refractivity contribution is 0.0712. The molecule has 0 aliphatic heterocycles. The molecule has 5 heteroatoms. The Kier molecular flexibility index (Phi) is 4.59. The summed E-state index contributed by atoms with van der Waals surface area (Å²) in [5.74, 6) is 5.42. The summed E-state index contributed by atoms with van der Waals surface area (Å²) in [6.07, 6.45) is 2.04. The third-order valence-electron chi connectivity index (χ3n) is 3.00. The zero-order valence-corrected chi connectivity index (χ0v) is 11.7. The van der Waals surface area contributed by atoms with Gasteiger partial charge in [-0.3, -0.25) is 4.79 Å². The van der Waals surface area contributed by atoms with Crippen LogP contribution in [-0.4, -0.2) is 46.8 Å². The van der Waals surface area contributed by atoms with E-state index in [0.29, 0.717) is 11.4 Å². The fourth-order valence-electron chi connectivity index (χ4n) is 1.92. The number of aliphatic hydroxyl groups is 2. The van der Waals surface area contributed by atoms with Gasteiger partial charge in [-0.05, 0) is 31.4 Å². The van der Waals surface area contributed by atoms with Crippen LogP contribution in [0, 0.1) is 18.8 Å². The van der Waals surface area contributed by atoms with Gasteiger partial charge in [0.2, 0.25) is 0 Å². The average Bonchev–Trinajstić information content (AvgIpc) is 3.17. The third-order valence-corrected chi connectivity index (χ3v) is 4.14. The molecule has 1 aromatic heterocycles. The van der Waals surface area contributed by atoms with Crippen LogP contribution < -0.4 is 0 Å². The molecule has 4 nitrogen and oxygen atoms in total. The van der Waals surface area contributed by atoms with Crippen molar-refractivity contribution in [2.45, 2.75) is 25.8 Å². The molecule has 0 saturated heterocycles. The maximum Gasteiger partial charge on any atom is 0.264 e. The van der Waals surface area contributed by atoms with Crippen LogP contribution in [0.5, 0.6) is 0 Å². The first-order valence-electron chi connectivity index (χ1n) is 6.29. The van der Waals surface area contributed by atoms with E-state index in [-0.39, 0.29) is 25.2 Å². The van der Waals surface area contributed by atoms with E-state index >= 15 is 0 Å². The van der Waals surface area contributed by atoms with Gasteiger partial charge in [0, 0.05) is 12.6 Å². The molecule has 19 heavy (non-hydrogen) atoms. The van der Waals surface area contributed by atoms with E-state index in [9.17, 15) is 4.79 Å². The van der Waals surface area contributed by atoms with E-state index in [1.807, 2.05) is 13.0 Å². The van der Waals surface area contributed by atoms with Crippen LogP contribution in [-0.2, 0) is 0 Å². The second-order valence-corrected chi connectivity index (χ2v) is 5.59. The lowest BCUT2D eigenvalue weighted by Crippen LogP contribution is -2.35. The monoisotopic (exact) mass is 279 g/mol. The Bertz CT molecular complexity index is 523. The highest BCUT2D eigenvalue weighted by molar-refractivity contribution is 7.14. The lowest BCUT2D eigenvalue weighted by Gasteiger charge is -2.20. The topological polar surface area (TPSA) is 60.8 Å². The molecule has 1 aromatic rings. The van der Waals surface area contributed by atoms with E-state index in [0.717, 1.165) is 23.3 Å². The highest BCUT2D eigenvalue weighted by Gasteiger charge is 2.33. The Morgan fingerprint density at radius 3 is 2.84 bits per heavy atom. The van der Waals surface area contributed by atoms with Gasteiger partial charge in [-0.1, -0.05) is 11.8 Å². The van der Waals surface area contributed by atoms with E-state index in [4.69, 9.17) is 10.2 Å². The lowest BCUT2D eigenvalue weighted by atomic mass is 10.2.